The average molecular weight is 234 g/mol. The molecule has 1 unspecified atom stereocenters. The van der Waals surface area contributed by atoms with Crippen molar-refractivity contribution in [3.63, 3.8) is 0 Å². The third kappa shape index (κ3) is 2.01. The SMILES string of the molecule is CCOC(C)C(=O)c1cccc2ccsc12. The highest BCUT2D eigenvalue weighted by Crippen LogP contribution is 2.25. The molecule has 3 heteroatoms. The second-order valence-corrected chi connectivity index (χ2v) is 4.52. The van der Waals surface area contributed by atoms with E-state index in [2.05, 4.69) is 0 Å². The molecule has 16 heavy (non-hydrogen) atoms. The van der Waals surface area contributed by atoms with Crippen LogP contribution in [0.2, 0.25) is 0 Å². The second-order valence-electron chi connectivity index (χ2n) is 3.61. The molecule has 0 N–H and O–H groups in total. The van der Waals surface area contributed by atoms with Crippen molar-refractivity contribution in [3.8, 4) is 0 Å². The Kier molecular flexibility index (Phi) is 3.36. The van der Waals surface area contributed by atoms with Crippen molar-refractivity contribution in [1.82, 2.24) is 0 Å². The Morgan fingerprint density at radius 2 is 2.25 bits per heavy atom. The van der Waals surface area contributed by atoms with E-state index in [1.807, 2.05) is 36.6 Å². The van der Waals surface area contributed by atoms with Crippen LogP contribution in [0.5, 0.6) is 0 Å². The molecule has 0 spiro atoms. The Morgan fingerprint density at radius 1 is 1.44 bits per heavy atom. The van der Waals surface area contributed by atoms with Gasteiger partial charge in [-0.15, -0.1) is 11.3 Å². The van der Waals surface area contributed by atoms with E-state index in [-0.39, 0.29) is 11.9 Å². The summed E-state index contributed by atoms with van der Waals surface area (Å²) in [6.07, 6.45) is -0.363. The molecule has 0 aliphatic carbocycles. The first kappa shape index (κ1) is 11.3. The van der Waals surface area contributed by atoms with E-state index in [4.69, 9.17) is 4.74 Å². The van der Waals surface area contributed by atoms with Gasteiger partial charge in [-0.1, -0.05) is 12.1 Å². The molecule has 84 valence electrons. The molecule has 2 nitrogen and oxygen atoms in total. The summed E-state index contributed by atoms with van der Waals surface area (Å²) < 4.78 is 6.39. The van der Waals surface area contributed by atoms with Crippen LogP contribution >= 0.6 is 11.3 Å². The van der Waals surface area contributed by atoms with E-state index in [1.165, 1.54) is 0 Å². The molecule has 0 bridgehead atoms. The lowest BCUT2D eigenvalue weighted by molar-refractivity contribution is 0.0522. The van der Waals surface area contributed by atoms with Gasteiger partial charge in [0.15, 0.2) is 5.78 Å². The third-order valence-electron chi connectivity index (χ3n) is 2.53. The lowest BCUT2D eigenvalue weighted by Gasteiger charge is -2.10. The Hall–Kier alpha value is -1.19. The molecule has 0 aliphatic rings. The van der Waals surface area contributed by atoms with Crippen LogP contribution in [0.15, 0.2) is 29.6 Å². The first-order valence-corrected chi connectivity index (χ1v) is 6.24. The molecule has 2 rings (SSSR count). The molecular formula is C13H14O2S. The molecule has 1 aromatic carbocycles. The van der Waals surface area contributed by atoms with E-state index >= 15 is 0 Å². The number of hydrogen-bond donors (Lipinski definition) is 0. The molecule has 2 aromatic rings. The van der Waals surface area contributed by atoms with Gasteiger partial charge in [0.2, 0.25) is 0 Å². The summed E-state index contributed by atoms with van der Waals surface area (Å²) in [4.78, 5) is 12.1. The second kappa shape index (κ2) is 4.76. The fourth-order valence-electron chi connectivity index (χ4n) is 1.73. The quantitative estimate of drug-likeness (QED) is 0.757. The standard InChI is InChI=1S/C13H14O2S/c1-3-15-9(2)12(14)11-6-4-5-10-7-8-16-13(10)11/h4-9H,3H2,1-2H3. The number of fused-ring (bicyclic) bond motifs is 1. The largest absolute Gasteiger partial charge is 0.371 e. The normalized spacial score (nSPS) is 12.9. The van der Waals surface area contributed by atoms with Gasteiger partial charge in [-0.3, -0.25) is 4.79 Å². The fraction of sp³-hybridized carbons (Fsp3) is 0.308. The van der Waals surface area contributed by atoms with Crippen LogP contribution in [0.4, 0.5) is 0 Å². The summed E-state index contributed by atoms with van der Waals surface area (Å²) in [6.45, 7) is 4.26. The van der Waals surface area contributed by atoms with Crippen molar-refractivity contribution in [2.24, 2.45) is 0 Å². The zero-order valence-electron chi connectivity index (χ0n) is 9.40. The molecule has 0 saturated carbocycles. The number of hydrogen-bond acceptors (Lipinski definition) is 3. The van der Waals surface area contributed by atoms with Crippen molar-refractivity contribution in [3.05, 3.63) is 35.2 Å². The van der Waals surface area contributed by atoms with Crippen LogP contribution in [0.25, 0.3) is 10.1 Å². The van der Waals surface area contributed by atoms with Gasteiger partial charge in [-0.25, -0.2) is 0 Å². The van der Waals surface area contributed by atoms with E-state index in [0.29, 0.717) is 6.61 Å². The number of ketones is 1. The zero-order chi connectivity index (χ0) is 11.5. The van der Waals surface area contributed by atoms with Crippen LogP contribution in [0.1, 0.15) is 24.2 Å². The van der Waals surface area contributed by atoms with Crippen molar-refractivity contribution in [2.45, 2.75) is 20.0 Å². The lowest BCUT2D eigenvalue weighted by atomic mass is 10.1. The number of benzene rings is 1. The number of thiophene rings is 1. The molecule has 0 radical (unpaired) electrons. The Labute approximate surface area is 98.9 Å². The number of ether oxygens (including phenoxy) is 1. The monoisotopic (exact) mass is 234 g/mol. The number of carbonyl (C=O) groups is 1. The van der Waals surface area contributed by atoms with Gasteiger partial charge >= 0.3 is 0 Å². The molecular weight excluding hydrogens is 220 g/mol. The van der Waals surface area contributed by atoms with Gasteiger partial charge in [-0.2, -0.15) is 0 Å². The molecule has 0 saturated heterocycles. The van der Waals surface area contributed by atoms with Gasteiger partial charge in [0.25, 0.3) is 0 Å². The van der Waals surface area contributed by atoms with E-state index in [0.717, 1.165) is 15.6 Å². The first-order chi connectivity index (χ1) is 7.74. The smallest absolute Gasteiger partial charge is 0.192 e. The van der Waals surface area contributed by atoms with Crippen LogP contribution < -0.4 is 0 Å². The van der Waals surface area contributed by atoms with Gasteiger partial charge in [0.05, 0.1) is 0 Å². The summed E-state index contributed by atoms with van der Waals surface area (Å²) >= 11 is 1.60. The molecule has 1 aromatic heterocycles. The van der Waals surface area contributed by atoms with Gasteiger partial charge < -0.3 is 4.74 Å². The van der Waals surface area contributed by atoms with Crippen LogP contribution in [-0.2, 0) is 4.74 Å². The van der Waals surface area contributed by atoms with E-state index in [1.54, 1.807) is 18.3 Å². The van der Waals surface area contributed by atoms with E-state index in [9.17, 15) is 4.79 Å². The minimum Gasteiger partial charge on any atom is -0.371 e. The van der Waals surface area contributed by atoms with Crippen LogP contribution in [-0.4, -0.2) is 18.5 Å². The van der Waals surface area contributed by atoms with Crippen molar-refractivity contribution >= 4 is 27.2 Å². The maximum Gasteiger partial charge on any atom is 0.192 e. The van der Waals surface area contributed by atoms with Crippen molar-refractivity contribution in [1.29, 1.82) is 0 Å². The Morgan fingerprint density at radius 3 is 3.00 bits per heavy atom. The molecule has 0 aliphatic heterocycles. The van der Waals surface area contributed by atoms with Crippen molar-refractivity contribution < 1.29 is 9.53 Å². The number of rotatable bonds is 4. The van der Waals surface area contributed by atoms with Crippen molar-refractivity contribution in [2.75, 3.05) is 6.61 Å². The Bertz CT molecular complexity index is 501. The summed E-state index contributed by atoms with van der Waals surface area (Å²) in [5.74, 6) is 0.0647. The highest BCUT2D eigenvalue weighted by molar-refractivity contribution is 7.17. The highest BCUT2D eigenvalue weighted by atomic mass is 32.1. The number of carbonyl (C=O) groups excluding carboxylic acids is 1. The Balaban J connectivity index is 2.39. The summed E-state index contributed by atoms with van der Waals surface area (Å²) in [6, 6.07) is 7.84. The predicted octanol–water partition coefficient (Wildman–Crippen LogP) is 3.51. The summed E-state index contributed by atoms with van der Waals surface area (Å²) in [7, 11) is 0. The summed E-state index contributed by atoms with van der Waals surface area (Å²) in [5.41, 5.74) is 0.772. The lowest BCUT2D eigenvalue weighted by Crippen LogP contribution is -2.20. The van der Waals surface area contributed by atoms with Gasteiger partial charge in [0, 0.05) is 16.9 Å². The molecule has 1 heterocycles. The number of Topliss-reactive ketones (excluding diaryl/α,β-unsaturated/α-hetero) is 1. The summed E-state index contributed by atoms with van der Waals surface area (Å²) in [5, 5.41) is 3.13. The maximum atomic E-state index is 12.1. The zero-order valence-corrected chi connectivity index (χ0v) is 10.2. The van der Waals surface area contributed by atoms with E-state index < -0.39 is 0 Å². The molecule has 0 fully saturated rings. The first-order valence-electron chi connectivity index (χ1n) is 5.36. The van der Waals surface area contributed by atoms with Gasteiger partial charge in [-0.05, 0) is 36.7 Å². The fourth-order valence-corrected chi connectivity index (χ4v) is 2.65. The topological polar surface area (TPSA) is 26.3 Å². The average Bonchev–Trinajstić information content (AvgIpc) is 2.76. The minimum atomic E-state index is -0.363. The van der Waals surface area contributed by atoms with Crippen LogP contribution in [0, 0.1) is 0 Å². The van der Waals surface area contributed by atoms with Gasteiger partial charge in [0.1, 0.15) is 6.10 Å². The third-order valence-corrected chi connectivity index (χ3v) is 3.49. The molecule has 1 atom stereocenters. The highest BCUT2D eigenvalue weighted by Gasteiger charge is 2.17. The predicted molar refractivity (Wildman–Crippen MR) is 67.2 cm³/mol. The maximum absolute atomic E-state index is 12.1. The van der Waals surface area contributed by atoms with Crippen LogP contribution in [0.3, 0.4) is 0 Å². The minimum absolute atomic E-state index is 0.0647. The molecule has 0 amide bonds.